The number of carbonyl (C=O) groups excluding carboxylic acids is 2. The Hall–Kier alpha value is -2.06. The van der Waals surface area contributed by atoms with Gasteiger partial charge in [-0.25, -0.2) is 0 Å². The third-order valence-corrected chi connectivity index (χ3v) is 5.71. The minimum absolute atomic E-state index is 0.0160. The van der Waals surface area contributed by atoms with Gasteiger partial charge in [-0.05, 0) is 32.1 Å². The maximum atomic E-state index is 12.6. The second-order valence-electron chi connectivity index (χ2n) is 7.66. The van der Waals surface area contributed by atoms with Gasteiger partial charge in [0.1, 0.15) is 6.10 Å². The maximum Gasteiger partial charge on any atom is 0.249 e. The van der Waals surface area contributed by atoms with E-state index in [1.54, 1.807) is 12.4 Å². The quantitative estimate of drug-likeness (QED) is 0.822. The van der Waals surface area contributed by atoms with Gasteiger partial charge in [-0.2, -0.15) is 0 Å². The number of piperidine rings is 1. The summed E-state index contributed by atoms with van der Waals surface area (Å²) in [5.74, 6) is 0.371. The average Bonchev–Trinajstić information content (AvgIpc) is 3.36. The number of nitrogens with one attached hydrogen (secondary N) is 1. The van der Waals surface area contributed by atoms with Crippen LogP contribution in [0.5, 0.6) is 0 Å². The van der Waals surface area contributed by atoms with Crippen molar-refractivity contribution in [1.29, 1.82) is 0 Å². The molecule has 146 valence electrons. The molecule has 3 aliphatic heterocycles. The highest BCUT2D eigenvalue weighted by molar-refractivity contribution is 5.81. The number of aromatic nitrogens is 2. The van der Waals surface area contributed by atoms with E-state index in [1.807, 2.05) is 11.8 Å². The summed E-state index contributed by atoms with van der Waals surface area (Å²) in [6.07, 6.45) is 5.24. The number of fused-ring (bicyclic) bond motifs is 1. The Balaban J connectivity index is 1.28. The van der Waals surface area contributed by atoms with Gasteiger partial charge in [0, 0.05) is 25.9 Å². The van der Waals surface area contributed by atoms with Crippen LogP contribution in [0.4, 0.5) is 0 Å². The molecule has 1 unspecified atom stereocenters. The summed E-state index contributed by atoms with van der Waals surface area (Å²) in [6, 6.07) is 0. The van der Waals surface area contributed by atoms with Gasteiger partial charge < -0.3 is 19.7 Å². The summed E-state index contributed by atoms with van der Waals surface area (Å²) < 4.78 is 11.3. The van der Waals surface area contributed by atoms with Crippen LogP contribution in [-0.2, 0) is 25.6 Å². The number of hydrogen-bond acceptors (Lipinski definition) is 6. The van der Waals surface area contributed by atoms with E-state index in [2.05, 4.69) is 15.3 Å². The molecule has 1 aromatic rings. The standard InChI is InChI=1S/C19H26N4O4/c1-12-7-21-15(8-20-12)9-22-18(24)16-6-13-2-4-23(10-17(13)27-16)19(25)14-3-5-26-11-14/h7-8,13-14,16-17H,2-6,9-11H2,1H3,(H,22,24)/t13-,14?,16-,17+/m0/s1. The van der Waals surface area contributed by atoms with Gasteiger partial charge in [-0.3, -0.25) is 19.6 Å². The van der Waals surface area contributed by atoms with E-state index in [1.165, 1.54) is 0 Å². The van der Waals surface area contributed by atoms with Crippen LogP contribution < -0.4 is 5.32 Å². The van der Waals surface area contributed by atoms with Crippen molar-refractivity contribution >= 4 is 11.8 Å². The zero-order chi connectivity index (χ0) is 18.8. The monoisotopic (exact) mass is 374 g/mol. The second-order valence-corrected chi connectivity index (χ2v) is 7.66. The fourth-order valence-electron chi connectivity index (χ4n) is 4.09. The van der Waals surface area contributed by atoms with E-state index in [4.69, 9.17) is 9.47 Å². The first kappa shape index (κ1) is 18.3. The molecule has 0 spiro atoms. The van der Waals surface area contributed by atoms with E-state index < -0.39 is 6.10 Å². The van der Waals surface area contributed by atoms with Crippen LogP contribution in [0, 0.1) is 18.8 Å². The largest absolute Gasteiger partial charge is 0.381 e. The van der Waals surface area contributed by atoms with Crippen molar-refractivity contribution in [2.24, 2.45) is 11.8 Å². The minimum Gasteiger partial charge on any atom is -0.381 e. The van der Waals surface area contributed by atoms with Crippen molar-refractivity contribution in [3.8, 4) is 0 Å². The van der Waals surface area contributed by atoms with Gasteiger partial charge in [0.2, 0.25) is 11.8 Å². The van der Waals surface area contributed by atoms with Gasteiger partial charge >= 0.3 is 0 Å². The molecule has 3 fully saturated rings. The molecule has 4 heterocycles. The van der Waals surface area contributed by atoms with Gasteiger partial charge in [0.25, 0.3) is 0 Å². The van der Waals surface area contributed by atoms with Crippen molar-refractivity contribution in [2.75, 3.05) is 26.3 Å². The van der Waals surface area contributed by atoms with Crippen molar-refractivity contribution < 1.29 is 19.1 Å². The van der Waals surface area contributed by atoms with Gasteiger partial charge in [-0.15, -0.1) is 0 Å². The second kappa shape index (κ2) is 7.90. The summed E-state index contributed by atoms with van der Waals surface area (Å²) >= 11 is 0. The van der Waals surface area contributed by atoms with E-state index >= 15 is 0 Å². The maximum absolute atomic E-state index is 12.6. The highest BCUT2D eigenvalue weighted by atomic mass is 16.5. The Morgan fingerprint density at radius 1 is 1.30 bits per heavy atom. The number of amides is 2. The van der Waals surface area contributed by atoms with Gasteiger partial charge in [0.15, 0.2) is 0 Å². The highest BCUT2D eigenvalue weighted by Gasteiger charge is 2.43. The van der Waals surface area contributed by atoms with Crippen molar-refractivity contribution in [1.82, 2.24) is 20.2 Å². The summed E-state index contributed by atoms with van der Waals surface area (Å²) in [6.45, 7) is 4.73. The SMILES string of the molecule is Cc1cnc(CNC(=O)[C@@H]2C[C@@H]3CCN(C(=O)C4CCOC4)C[C@H]3O2)cn1. The van der Waals surface area contributed by atoms with E-state index in [0.717, 1.165) is 30.8 Å². The van der Waals surface area contributed by atoms with Crippen LogP contribution in [0.25, 0.3) is 0 Å². The van der Waals surface area contributed by atoms with Crippen molar-refractivity contribution in [2.45, 2.75) is 44.9 Å². The van der Waals surface area contributed by atoms with E-state index in [9.17, 15) is 9.59 Å². The smallest absolute Gasteiger partial charge is 0.249 e. The van der Waals surface area contributed by atoms with Crippen LogP contribution in [0.2, 0.25) is 0 Å². The highest BCUT2D eigenvalue weighted by Crippen LogP contribution is 2.34. The molecule has 1 N–H and O–H groups in total. The fourth-order valence-corrected chi connectivity index (χ4v) is 4.09. The van der Waals surface area contributed by atoms with Gasteiger partial charge in [-0.1, -0.05) is 0 Å². The molecule has 3 saturated heterocycles. The summed E-state index contributed by atoms with van der Waals surface area (Å²) in [4.78, 5) is 35.4. The molecular weight excluding hydrogens is 348 g/mol. The van der Waals surface area contributed by atoms with Crippen LogP contribution in [0.3, 0.4) is 0 Å². The Bertz CT molecular complexity index is 689. The lowest BCUT2D eigenvalue weighted by molar-refractivity contribution is -0.141. The predicted octanol–water partition coefficient (Wildman–Crippen LogP) is 0.444. The molecule has 0 saturated carbocycles. The third kappa shape index (κ3) is 4.11. The molecule has 8 heteroatoms. The first-order valence-electron chi connectivity index (χ1n) is 9.67. The van der Waals surface area contributed by atoms with Crippen molar-refractivity contribution in [3.05, 3.63) is 23.8 Å². The average molecular weight is 374 g/mol. The molecule has 8 nitrogen and oxygen atoms in total. The Kier molecular flexibility index (Phi) is 5.36. The number of likely N-dealkylation sites (tertiary alicyclic amines) is 1. The number of hydrogen-bond donors (Lipinski definition) is 1. The Morgan fingerprint density at radius 3 is 2.93 bits per heavy atom. The fraction of sp³-hybridized carbons (Fsp3) is 0.684. The Morgan fingerprint density at radius 2 is 2.19 bits per heavy atom. The topological polar surface area (TPSA) is 93.7 Å². The van der Waals surface area contributed by atoms with Gasteiger partial charge in [0.05, 0.1) is 42.8 Å². The molecular formula is C19H26N4O4. The molecule has 0 radical (unpaired) electrons. The molecule has 0 bridgehead atoms. The molecule has 4 atom stereocenters. The van der Waals surface area contributed by atoms with E-state index in [-0.39, 0.29) is 23.8 Å². The lowest BCUT2D eigenvalue weighted by atomic mass is 9.91. The zero-order valence-corrected chi connectivity index (χ0v) is 15.6. The van der Waals surface area contributed by atoms with E-state index in [0.29, 0.717) is 38.6 Å². The molecule has 0 aliphatic carbocycles. The lowest BCUT2D eigenvalue weighted by Gasteiger charge is -2.35. The van der Waals surface area contributed by atoms with Crippen LogP contribution >= 0.6 is 0 Å². The summed E-state index contributed by atoms with van der Waals surface area (Å²) in [5.41, 5.74) is 1.57. The Labute approximate surface area is 158 Å². The van der Waals surface area contributed by atoms with Crippen LogP contribution in [0.15, 0.2) is 12.4 Å². The third-order valence-electron chi connectivity index (χ3n) is 5.71. The molecule has 1 aromatic heterocycles. The summed E-state index contributed by atoms with van der Waals surface area (Å²) in [5, 5.41) is 2.89. The molecule has 27 heavy (non-hydrogen) atoms. The number of ether oxygens (including phenoxy) is 2. The number of aryl methyl sites for hydroxylation is 1. The lowest BCUT2D eigenvalue weighted by Crippen LogP contribution is -2.47. The first-order valence-corrected chi connectivity index (χ1v) is 9.67. The van der Waals surface area contributed by atoms with Crippen LogP contribution in [0.1, 0.15) is 30.7 Å². The molecule has 3 aliphatic rings. The minimum atomic E-state index is -0.455. The molecule has 4 rings (SSSR count). The number of rotatable bonds is 4. The van der Waals surface area contributed by atoms with Crippen molar-refractivity contribution in [3.63, 3.8) is 0 Å². The first-order chi connectivity index (χ1) is 13.1. The number of nitrogens with zero attached hydrogens (tertiary/aromatic N) is 3. The zero-order valence-electron chi connectivity index (χ0n) is 15.6. The molecule has 0 aromatic carbocycles. The molecule has 2 amide bonds. The number of carbonyl (C=O) groups is 2. The van der Waals surface area contributed by atoms with Crippen LogP contribution in [-0.4, -0.2) is 65.2 Å². The predicted molar refractivity (Wildman–Crippen MR) is 95.5 cm³/mol. The summed E-state index contributed by atoms with van der Waals surface area (Å²) in [7, 11) is 0. The normalized spacial score (nSPS) is 30.2.